The Labute approximate surface area is 213 Å². The molecular formula is C24H15BrClNO4S2. The third kappa shape index (κ3) is 5.47. The van der Waals surface area contributed by atoms with Crippen molar-refractivity contribution in [3.63, 3.8) is 0 Å². The number of hydrogen-bond acceptors (Lipinski definition) is 5. The quantitative estimate of drug-likeness (QED) is 0.265. The molecule has 1 N–H and O–H groups in total. The topological polar surface area (TPSA) is 66.8 Å². The molecule has 0 saturated carbocycles. The van der Waals surface area contributed by atoms with Crippen LogP contribution >= 0.6 is 51.5 Å². The molecule has 9 heteroatoms. The zero-order valence-corrected chi connectivity index (χ0v) is 20.8. The molecule has 166 valence electrons. The standard InChI is InChI=1S/C24H15BrClNO4S2/c25-19-10-15(6-9-20(19)31-13-14-4-7-17(26)8-5-14)11-21-22(28)27(24(32)33-21)18-3-1-2-16(12-18)23(29)30/h1-12H,13H2,(H,29,30)/b21-11+. The van der Waals surface area contributed by atoms with Gasteiger partial charge in [-0.1, -0.05) is 59.8 Å². The second-order valence-corrected chi connectivity index (χ2v) is 9.94. The van der Waals surface area contributed by atoms with Gasteiger partial charge in [-0.05, 0) is 75.6 Å². The first kappa shape index (κ1) is 23.5. The lowest BCUT2D eigenvalue weighted by atomic mass is 10.1. The molecule has 3 aromatic rings. The molecule has 3 aromatic carbocycles. The molecule has 0 unspecified atom stereocenters. The van der Waals surface area contributed by atoms with Crippen LogP contribution in [0.2, 0.25) is 5.02 Å². The monoisotopic (exact) mass is 559 g/mol. The van der Waals surface area contributed by atoms with Gasteiger partial charge >= 0.3 is 5.97 Å². The van der Waals surface area contributed by atoms with Gasteiger partial charge in [0.2, 0.25) is 0 Å². The van der Waals surface area contributed by atoms with E-state index >= 15 is 0 Å². The summed E-state index contributed by atoms with van der Waals surface area (Å²) in [5, 5.41) is 9.89. The van der Waals surface area contributed by atoms with Crippen molar-refractivity contribution in [1.82, 2.24) is 0 Å². The highest BCUT2D eigenvalue weighted by Gasteiger charge is 2.33. The van der Waals surface area contributed by atoms with Gasteiger partial charge < -0.3 is 9.84 Å². The highest BCUT2D eigenvalue weighted by molar-refractivity contribution is 9.10. The molecule has 4 rings (SSSR count). The van der Waals surface area contributed by atoms with Crippen molar-refractivity contribution < 1.29 is 19.4 Å². The number of halogens is 2. The minimum atomic E-state index is -1.07. The van der Waals surface area contributed by atoms with Crippen LogP contribution in [0.3, 0.4) is 0 Å². The van der Waals surface area contributed by atoms with Crippen LogP contribution in [0, 0.1) is 0 Å². The van der Waals surface area contributed by atoms with Gasteiger partial charge in [0, 0.05) is 5.02 Å². The van der Waals surface area contributed by atoms with E-state index in [1.807, 2.05) is 42.5 Å². The largest absolute Gasteiger partial charge is 0.488 e. The number of rotatable bonds is 6. The first-order chi connectivity index (χ1) is 15.8. The summed E-state index contributed by atoms with van der Waals surface area (Å²) in [7, 11) is 0. The molecule has 1 saturated heterocycles. The average molecular weight is 561 g/mol. The summed E-state index contributed by atoms with van der Waals surface area (Å²) in [5.41, 5.74) is 2.29. The molecule has 0 bridgehead atoms. The molecule has 1 amide bonds. The Bertz CT molecular complexity index is 1290. The van der Waals surface area contributed by atoms with Gasteiger partial charge in [-0.3, -0.25) is 9.69 Å². The van der Waals surface area contributed by atoms with E-state index in [1.54, 1.807) is 18.2 Å². The summed E-state index contributed by atoms with van der Waals surface area (Å²) in [6.45, 7) is 0.392. The van der Waals surface area contributed by atoms with Crippen molar-refractivity contribution in [2.75, 3.05) is 4.90 Å². The first-order valence-corrected chi connectivity index (χ1v) is 12.0. The van der Waals surface area contributed by atoms with Gasteiger partial charge in [-0.25, -0.2) is 4.79 Å². The van der Waals surface area contributed by atoms with Gasteiger partial charge in [0.1, 0.15) is 12.4 Å². The van der Waals surface area contributed by atoms with Crippen LogP contribution in [-0.2, 0) is 11.4 Å². The van der Waals surface area contributed by atoms with E-state index < -0.39 is 5.97 Å². The number of anilines is 1. The molecule has 5 nitrogen and oxygen atoms in total. The smallest absolute Gasteiger partial charge is 0.335 e. The number of aromatic carboxylic acids is 1. The van der Waals surface area contributed by atoms with Crippen molar-refractivity contribution in [2.45, 2.75) is 6.61 Å². The lowest BCUT2D eigenvalue weighted by Crippen LogP contribution is -2.27. The van der Waals surface area contributed by atoms with E-state index in [-0.39, 0.29) is 11.5 Å². The summed E-state index contributed by atoms with van der Waals surface area (Å²) in [4.78, 5) is 26.0. The van der Waals surface area contributed by atoms with E-state index in [0.717, 1.165) is 15.6 Å². The highest BCUT2D eigenvalue weighted by atomic mass is 79.9. The number of thioether (sulfide) groups is 1. The molecule has 33 heavy (non-hydrogen) atoms. The van der Waals surface area contributed by atoms with Crippen LogP contribution in [0.25, 0.3) is 6.08 Å². The Balaban J connectivity index is 1.50. The van der Waals surface area contributed by atoms with Gasteiger partial charge in [0.25, 0.3) is 5.91 Å². The fraction of sp³-hybridized carbons (Fsp3) is 0.0417. The number of carboxylic acids is 1. The maximum atomic E-state index is 13.0. The summed E-state index contributed by atoms with van der Waals surface area (Å²) in [5.74, 6) is -0.701. The Hall–Kier alpha value is -2.65. The lowest BCUT2D eigenvalue weighted by Gasteiger charge is -2.14. The second-order valence-electron chi connectivity index (χ2n) is 6.98. The summed E-state index contributed by atoms with van der Waals surface area (Å²) < 4.78 is 6.96. The third-order valence-electron chi connectivity index (χ3n) is 4.71. The third-order valence-corrected chi connectivity index (χ3v) is 6.88. The van der Waals surface area contributed by atoms with Crippen molar-refractivity contribution in [1.29, 1.82) is 0 Å². The molecule has 0 radical (unpaired) electrons. The Kier molecular flexibility index (Phi) is 7.19. The first-order valence-electron chi connectivity index (χ1n) is 9.60. The molecule has 0 atom stereocenters. The normalized spacial score (nSPS) is 14.7. The zero-order chi connectivity index (χ0) is 23.5. The van der Waals surface area contributed by atoms with Crippen LogP contribution in [-0.4, -0.2) is 21.3 Å². The van der Waals surface area contributed by atoms with Crippen molar-refractivity contribution in [3.8, 4) is 5.75 Å². The maximum Gasteiger partial charge on any atom is 0.335 e. The van der Waals surface area contributed by atoms with Gasteiger partial charge in [-0.15, -0.1) is 0 Å². The number of amides is 1. The summed E-state index contributed by atoms with van der Waals surface area (Å²) >= 11 is 16.0. The van der Waals surface area contributed by atoms with Crippen molar-refractivity contribution in [3.05, 3.63) is 97.8 Å². The minimum Gasteiger partial charge on any atom is -0.488 e. The zero-order valence-electron chi connectivity index (χ0n) is 16.8. The summed E-state index contributed by atoms with van der Waals surface area (Å²) in [6, 6.07) is 19.1. The van der Waals surface area contributed by atoms with Gasteiger partial charge in [-0.2, -0.15) is 0 Å². The minimum absolute atomic E-state index is 0.0867. The Morgan fingerprint density at radius 1 is 1.15 bits per heavy atom. The van der Waals surface area contributed by atoms with E-state index in [9.17, 15) is 14.7 Å². The summed E-state index contributed by atoms with van der Waals surface area (Å²) in [6.07, 6.45) is 1.74. The molecule has 1 aliphatic rings. The fourth-order valence-electron chi connectivity index (χ4n) is 3.09. The Morgan fingerprint density at radius 3 is 2.61 bits per heavy atom. The second kappa shape index (κ2) is 10.1. The predicted molar refractivity (Wildman–Crippen MR) is 139 cm³/mol. The number of thiocarbonyl (C=S) groups is 1. The molecule has 1 aliphatic heterocycles. The van der Waals surface area contributed by atoms with E-state index in [1.165, 1.54) is 28.8 Å². The lowest BCUT2D eigenvalue weighted by molar-refractivity contribution is -0.113. The van der Waals surface area contributed by atoms with E-state index in [0.29, 0.717) is 32.3 Å². The number of nitrogens with zero attached hydrogens (tertiary/aromatic N) is 1. The van der Waals surface area contributed by atoms with Crippen LogP contribution in [0.5, 0.6) is 5.75 Å². The van der Waals surface area contributed by atoms with Crippen molar-refractivity contribution >= 4 is 79.5 Å². The average Bonchev–Trinajstić information content (AvgIpc) is 3.07. The van der Waals surface area contributed by atoms with Crippen LogP contribution in [0.1, 0.15) is 21.5 Å². The number of carboxylic acid groups (broad SMARTS) is 1. The van der Waals surface area contributed by atoms with E-state index in [4.69, 9.17) is 28.6 Å². The molecule has 0 aromatic heterocycles. The Morgan fingerprint density at radius 2 is 1.91 bits per heavy atom. The fourth-order valence-corrected chi connectivity index (χ4v) is 5.02. The highest BCUT2D eigenvalue weighted by Crippen LogP contribution is 2.37. The number of carbonyl (C=O) groups excluding carboxylic acids is 1. The molecular weight excluding hydrogens is 546 g/mol. The number of hydrogen-bond donors (Lipinski definition) is 1. The SMILES string of the molecule is O=C(O)c1cccc(N2C(=O)/C(=C\c3ccc(OCc4ccc(Cl)cc4)c(Br)c3)SC2=S)c1. The number of carbonyl (C=O) groups is 2. The predicted octanol–water partition coefficient (Wildman–Crippen LogP) is 6.79. The number of benzene rings is 3. The van der Waals surface area contributed by atoms with Crippen LogP contribution in [0.15, 0.2) is 76.1 Å². The van der Waals surface area contributed by atoms with Gasteiger partial charge in [0.05, 0.1) is 20.6 Å². The number of ether oxygens (including phenoxy) is 1. The molecule has 0 spiro atoms. The van der Waals surface area contributed by atoms with Crippen LogP contribution < -0.4 is 9.64 Å². The van der Waals surface area contributed by atoms with E-state index in [2.05, 4.69) is 15.9 Å². The van der Waals surface area contributed by atoms with Crippen LogP contribution in [0.4, 0.5) is 5.69 Å². The molecule has 1 fully saturated rings. The maximum absolute atomic E-state index is 13.0. The molecule has 0 aliphatic carbocycles. The van der Waals surface area contributed by atoms with Crippen molar-refractivity contribution in [2.24, 2.45) is 0 Å². The molecule has 1 heterocycles. The van der Waals surface area contributed by atoms with Gasteiger partial charge in [0.15, 0.2) is 4.32 Å².